The average molecular weight is 170 g/mol. The number of hydrogen-bond donors (Lipinski definition) is 2. The fourth-order valence-electron chi connectivity index (χ4n) is 0.908. The van der Waals surface area contributed by atoms with Gasteiger partial charge in [0.25, 0.3) is 0 Å². The molecule has 72 valence electrons. The van der Waals surface area contributed by atoms with Crippen molar-refractivity contribution in [2.45, 2.75) is 33.6 Å². The first-order chi connectivity index (χ1) is 5.58. The molecule has 0 radical (unpaired) electrons. The summed E-state index contributed by atoms with van der Waals surface area (Å²) >= 11 is 0. The minimum Gasteiger partial charge on any atom is -0.375 e. The molecular formula is C10H22N2. The third-order valence-corrected chi connectivity index (χ3v) is 2.74. The zero-order chi connectivity index (χ0) is 9.61. The Labute approximate surface area is 76.4 Å². The molecule has 0 aliphatic rings. The van der Waals surface area contributed by atoms with Crippen molar-refractivity contribution in [3.8, 4) is 0 Å². The minimum absolute atomic E-state index is 0.403. The number of hydrogen-bond acceptors (Lipinski definition) is 2. The molecule has 0 aliphatic heterocycles. The van der Waals surface area contributed by atoms with E-state index >= 15 is 0 Å². The fraction of sp³-hybridized carbons (Fsp3) is 0.800. The van der Waals surface area contributed by atoms with Crippen LogP contribution in [0.5, 0.6) is 0 Å². The molecule has 2 N–H and O–H groups in total. The highest BCUT2D eigenvalue weighted by Gasteiger charge is 2.18. The Kier molecular flexibility index (Phi) is 4.79. The van der Waals surface area contributed by atoms with Gasteiger partial charge in [-0.3, -0.25) is 0 Å². The lowest BCUT2D eigenvalue weighted by Crippen LogP contribution is -2.33. The molecule has 0 saturated heterocycles. The van der Waals surface area contributed by atoms with E-state index in [9.17, 15) is 0 Å². The van der Waals surface area contributed by atoms with Gasteiger partial charge in [-0.15, -0.1) is 0 Å². The van der Waals surface area contributed by atoms with Crippen molar-refractivity contribution < 1.29 is 0 Å². The first-order valence-electron chi connectivity index (χ1n) is 4.68. The van der Waals surface area contributed by atoms with Gasteiger partial charge in [-0.2, -0.15) is 0 Å². The van der Waals surface area contributed by atoms with Gasteiger partial charge in [0.15, 0.2) is 0 Å². The fourth-order valence-corrected chi connectivity index (χ4v) is 0.908. The molecule has 12 heavy (non-hydrogen) atoms. The van der Waals surface area contributed by atoms with E-state index in [1.807, 2.05) is 7.05 Å². The highest BCUT2D eigenvalue weighted by molar-refractivity contribution is 4.88. The van der Waals surface area contributed by atoms with Gasteiger partial charge in [0, 0.05) is 13.6 Å². The van der Waals surface area contributed by atoms with Crippen LogP contribution in [0.15, 0.2) is 12.4 Å². The van der Waals surface area contributed by atoms with E-state index in [2.05, 4.69) is 38.0 Å². The lowest BCUT2D eigenvalue weighted by atomic mass is 9.85. The Morgan fingerprint density at radius 1 is 1.33 bits per heavy atom. The Bertz CT molecular complexity index is 137. The molecule has 0 spiro atoms. The van der Waals surface area contributed by atoms with Crippen LogP contribution in [0.1, 0.15) is 33.6 Å². The lowest BCUT2D eigenvalue weighted by molar-refractivity contribution is 0.289. The lowest BCUT2D eigenvalue weighted by Gasteiger charge is -2.27. The molecule has 0 rings (SSSR count). The van der Waals surface area contributed by atoms with Crippen LogP contribution < -0.4 is 10.6 Å². The Hall–Kier alpha value is -0.660. The molecule has 0 amide bonds. The molecule has 0 fully saturated rings. The Morgan fingerprint density at radius 2 is 1.83 bits per heavy atom. The molecule has 0 atom stereocenters. The van der Waals surface area contributed by atoms with E-state index in [0.29, 0.717) is 5.41 Å². The topological polar surface area (TPSA) is 24.1 Å². The molecule has 2 heteroatoms. The van der Waals surface area contributed by atoms with Gasteiger partial charge in [-0.05, 0) is 18.3 Å². The summed E-state index contributed by atoms with van der Waals surface area (Å²) in [5, 5.41) is 6.25. The highest BCUT2D eigenvalue weighted by Crippen LogP contribution is 2.23. The first-order valence-corrected chi connectivity index (χ1v) is 4.68. The van der Waals surface area contributed by atoms with Crippen LogP contribution in [-0.4, -0.2) is 13.6 Å². The zero-order valence-corrected chi connectivity index (χ0v) is 8.83. The quantitative estimate of drug-likeness (QED) is 0.638. The van der Waals surface area contributed by atoms with Gasteiger partial charge in [0.1, 0.15) is 0 Å². The Balaban J connectivity index is 3.80. The molecule has 0 bridgehead atoms. The van der Waals surface area contributed by atoms with E-state index in [0.717, 1.165) is 12.4 Å². The molecule has 0 aliphatic carbocycles. The van der Waals surface area contributed by atoms with Crippen LogP contribution in [0.2, 0.25) is 0 Å². The molecular weight excluding hydrogens is 148 g/mol. The SMILES string of the molecule is C=C(NC)NCC(C)(CC)CC. The van der Waals surface area contributed by atoms with Gasteiger partial charge in [0.2, 0.25) is 0 Å². The monoisotopic (exact) mass is 170 g/mol. The predicted molar refractivity (Wildman–Crippen MR) is 54.9 cm³/mol. The van der Waals surface area contributed by atoms with Crippen LogP contribution in [-0.2, 0) is 0 Å². The molecule has 0 unspecified atom stereocenters. The van der Waals surface area contributed by atoms with Crippen molar-refractivity contribution in [2.24, 2.45) is 5.41 Å². The molecule has 0 aromatic carbocycles. The smallest absolute Gasteiger partial charge is 0.0909 e. The molecule has 0 aromatic rings. The van der Waals surface area contributed by atoms with E-state index < -0.39 is 0 Å². The van der Waals surface area contributed by atoms with E-state index in [4.69, 9.17) is 0 Å². The average Bonchev–Trinajstić information content (AvgIpc) is 2.13. The summed E-state index contributed by atoms with van der Waals surface area (Å²) in [5.74, 6) is 0.906. The van der Waals surface area contributed by atoms with Crippen LogP contribution in [0, 0.1) is 5.41 Å². The summed E-state index contributed by atoms with van der Waals surface area (Å²) in [4.78, 5) is 0. The number of nitrogens with one attached hydrogen (secondary N) is 2. The molecule has 0 aromatic heterocycles. The minimum atomic E-state index is 0.403. The summed E-state index contributed by atoms with van der Waals surface area (Å²) < 4.78 is 0. The summed E-state index contributed by atoms with van der Waals surface area (Å²) in [6.07, 6.45) is 2.40. The summed E-state index contributed by atoms with van der Waals surface area (Å²) in [7, 11) is 1.88. The molecule has 0 heterocycles. The second-order valence-electron chi connectivity index (χ2n) is 3.60. The summed E-state index contributed by atoms with van der Waals surface area (Å²) in [6.45, 7) is 11.6. The van der Waals surface area contributed by atoms with Crippen molar-refractivity contribution in [3.05, 3.63) is 12.4 Å². The zero-order valence-electron chi connectivity index (χ0n) is 8.83. The predicted octanol–water partition coefficient (Wildman–Crippen LogP) is 2.09. The molecule has 2 nitrogen and oxygen atoms in total. The van der Waals surface area contributed by atoms with E-state index in [-0.39, 0.29) is 0 Å². The largest absolute Gasteiger partial charge is 0.375 e. The second kappa shape index (κ2) is 5.07. The standard InChI is InChI=1S/C10H22N2/c1-6-10(4,7-2)8-12-9(3)11-5/h11-12H,3,6-8H2,1-2,4-5H3. The van der Waals surface area contributed by atoms with E-state index in [1.54, 1.807) is 0 Å². The maximum absolute atomic E-state index is 3.82. The maximum Gasteiger partial charge on any atom is 0.0909 e. The van der Waals surface area contributed by atoms with Gasteiger partial charge in [-0.25, -0.2) is 0 Å². The van der Waals surface area contributed by atoms with E-state index in [1.165, 1.54) is 12.8 Å². The second-order valence-corrected chi connectivity index (χ2v) is 3.60. The van der Waals surface area contributed by atoms with Crippen molar-refractivity contribution in [1.82, 2.24) is 10.6 Å². The van der Waals surface area contributed by atoms with Crippen molar-refractivity contribution in [3.63, 3.8) is 0 Å². The third-order valence-electron chi connectivity index (χ3n) is 2.74. The van der Waals surface area contributed by atoms with Crippen LogP contribution in [0.4, 0.5) is 0 Å². The van der Waals surface area contributed by atoms with Gasteiger partial charge < -0.3 is 10.6 Å². The number of rotatable bonds is 6. The van der Waals surface area contributed by atoms with Gasteiger partial charge in [0.05, 0.1) is 5.82 Å². The Morgan fingerprint density at radius 3 is 2.17 bits per heavy atom. The van der Waals surface area contributed by atoms with Crippen LogP contribution in [0.25, 0.3) is 0 Å². The highest BCUT2D eigenvalue weighted by atomic mass is 15.1. The van der Waals surface area contributed by atoms with Crippen molar-refractivity contribution >= 4 is 0 Å². The summed E-state index contributed by atoms with van der Waals surface area (Å²) in [5.41, 5.74) is 0.403. The molecule has 0 saturated carbocycles. The normalized spacial score (nSPS) is 11.0. The summed E-state index contributed by atoms with van der Waals surface area (Å²) in [6, 6.07) is 0. The first kappa shape index (κ1) is 11.3. The van der Waals surface area contributed by atoms with Crippen LogP contribution in [0.3, 0.4) is 0 Å². The maximum atomic E-state index is 3.82. The van der Waals surface area contributed by atoms with Crippen molar-refractivity contribution in [2.75, 3.05) is 13.6 Å². The third kappa shape index (κ3) is 3.65. The van der Waals surface area contributed by atoms with Gasteiger partial charge >= 0.3 is 0 Å². The van der Waals surface area contributed by atoms with Gasteiger partial charge in [-0.1, -0.05) is 27.4 Å². The van der Waals surface area contributed by atoms with Crippen LogP contribution >= 0.6 is 0 Å². The van der Waals surface area contributed by atoms with Crippen molar-refractivity contribution in [1.29, 1.82) is 0 Å².